The molecule has 0 aromatic carbocycles. The van der Waals surface area contributed by atoms with Gasteiger partial charge < -0.3 is 28.7 Å². The lowest BCUT2D eigenvalue weighted by atomic mass is 9.77. The van der Waals surface area contributed by atoms with Crippen molar-refractivity contribution < 1.29 is 28.7 Å². The van der Waals surface area contributed by atoms with Crippen molar-refractivity contribution in [1.29, 1.82) is 0 Å². The Morgan fingerprint density at radius 1 is 1.13 bits per heavy atom. The predicted molar refractivity (Wildman–Crippen MR) is 51.8 cm³/mol. The van der Waals surface area contributed by atoms with Gasteiger partial charge in [0.05, 0.1) is 19.3 Å². The van der Waals surface area contributed by atoms with E-state index in [1.54, 1.807) is 0 Å². The zero-order valence-electron chi connectivity index (χ0n) is 8.37. The first-order valence-corrected chi connectivity index (χ1v) is 5.07. The molecule has 0 aromatic rings. The van der Waals surface area contributed by atoms with Gasteiger partial charge in [-0.3, -0.25) is 0 Å². The first-order valence-electron chi connectivity index (χ1n) is 5.07. The van der Waals surface area contributed by atoms with Gasteiger partial charge in [0.25, 0.3) is 0 Å². The molecule has 1 atom stereocenters. The molecule has 0 aliphatic carbocycles. The van der Waals surface area contributed by atoms with E-state index in [9.17, 15) is 0 Å². The van der Waals surface area contributed by atoms with E-state index in [4.69, 9.17) is 28.7 Å². The van der Waals surface area contributed by atoms with Crippen molar-refractivity contribution in [2.75, 3.05) is 26.4 Å². The van der Waals surface area contributed by atoms with Crippen molar-refractivity contribution in [3.63, 3.8) is 0 Å². The smallest absolute Gasteiger partial charge is 0.408 e. The molecule has 84 valence electrons. The summed E-state index contributed by atoms with van der Waals surface area (Å²) in [6.45, 7) is 1.29. The summed E-state index contributed by atoms with van der Waals surface area (Å²) in [5, 5.41) is 17.8. The molecule has 0 spiro atoms. The third kappa shape index (κ3) is 3.17. The highest BCUT2D eigenvalue weighted by Gasteiger charge is 2.35. The summed E-state index contributed by atoms with van der Waals surface area (Å²) in [5.41, 5.74) is 0. The minimum absolute atomic E-state index is 0.0210. The Morgan fingerprint density at radius 2 is 1.87 bits per heavy atom. The van der Waals surface area contributed by atoms with Crippen LogP contribution < -0.4 is 0 Å². The lowest BCUT2D eigenvalue weighted by Crippen LogP contribution is -2.37. The average Bonchev–Trinajstić information content (AvgIpc) is 2.69. The van der Waals surface area contributed by atoms with Crippen LogP contribution in [0.15, 0.2) is 0 Å². The molecule has 2 saturated heterocycles. The average molecular weight is 216 g/mol. The molecule has 0 bridgehead atoms. The molecule has 0 radical (unpaired) electrons. The van der Waals surface area contributed by atoms with Crippen LogP contribution in [0.2, 0.25) is 6.32 Å². The molecule has 2 heterocycles. The normalized spacial score (nSPS) is 28.8. The Morgan fingerprint density at radius 3 is 2.47 bits per heavy atom. The largest absolute Gasteiger partial charge is 0.636 e. The summed E-state index contributed by atoms with van der Waals surface area (Å²) in [4.78, 5) is 0. The molecule has 2 fully saturated rings. The van der Waals surface area contributed by atoms with E-state index in [1.165, 1.54) is 0 Å². The fourth-order valence-corrected chi connectivity index (χ4v) is 1.67. The first kappa shape index (κ1) is 11.4. The molecule has 2 rings (SSSR count). The molecule has 6 nitrogen and oxygen atoms in total. The van der Waals surface area contributed by atoms with Crippen molar-refractivity contribution in [2.24, 2.45) is 5.92 Å². The van der Waals surface area contributed by atoms with E-state index in [0.717, 1.165) is 0 Å². The maximum atomic E-state index is 8.93. The minimum Gasteiger partial charge on any atom is -0.408 e. The molecule has 0 amide bonds. The lowest BCUT2D eigenvalue weighted by Gasteiger charge is -2.24. The predicted octanol–water partition coefficient (Wildman–Crippen LogP) is -1.48. The fraction of sp³-hybridized carbons (Fsp3) is 1.00. The third-order valence-electron chi connectivity index (χ3n) is 2.49. The van der Waals surface area contributed by atoms with Crippen LogP contribution in [0.5, 0.6) is 0 Å². The Labute approximate surface area is 88.8 Å². The number of hydrogen-bond donors (Lipinski definition) is 2. The number of hydrogen-bond acceptors (Lipinski definition) is 6. The molecule has 1 unspecified atom stereocenters. The minimum atomic E-state index is -1.10. The molecular formula is C7H14B2O6. The van der Waals surface area contributed by atoms with Gasteiger partial charge in [-0.2, -0.15) is 0 Å². The van der Waals surface area contributed by atoms with Crippen LogP contribution in [0.3, 0.4) is 0 Å². The highest BCUT2D eigenvalue weighted by molar-refractivity contribution is 6.45. The van der Waals surface area contributed by atoms with Gasteiger partial charge in [0.2, 0.25) is 0 Å². The molecular weight excluding hydrogens is 202 g/mol. The second-order valence-electron chi connectivity index (χ2n) is 3.78. The van der Waals surface area contributed by atoms with Gasteiger partial charge in [-0.05, 0) is 6.32 Å². The number of aliphatic hydroxyl groups is 1. The molecule has 0 saturated carbocycles. The second-order valence-corrected chi connectivity index (χ2v) is 3.78. The zero-order chi connectivity index (χ0) is 10.7. The van der Waals surface area contributed by atoms with Crippen LogP contribution in [-0.2, 0) is 18.6 Å². The first-order chi connectivity index (χ1) is 7.28. The molecule has 0 aromatic heterocycles. The van der Waals surface area contributed by atoms with Gasteiger partial charge in [0, 0.05) is 19.1 Å². The number of rotatable bonds is 3. The number of aliphatic hydroxyl groups excluding tert-OH is 1. The van der Waals surface area contributed by atoms with Crippen LogP contribution in [0, 0.1) is 5.92 Å². The van der Waals surface area contributed by atoms with Crippen LogP contribution in [-0.4, -0.2) is 57.1 Å². The molecule has 8 heteroatoms. The van der Waals surface area contributed by atoms with Crippen molar-refractivity contribution in [2.45, 2.75) is 12.4 Å². The monoisotopic (exact) mass is 216 g/mol. The van der Waals surface area contributed by atoms with E-state index >= 15 is 0 Å². The second kappa shape index (κ2) is 5.29. The summed E-state index contributed by atoms with van der Waals surface area (Å²) in [6.07, 6.45) is 0.439. The van der Waals surface area contributed by atoms with E-state index in [0.29, 0.717) is 26.1 Å². The van der Waals surface area contributed by atoms with E-state index in [-0.39, 0.29) is 25.7 Å². The van der Waals surface area contributed by atoms with Crippen molar-refractivity contribution in [3.8, 4) is 0 Å². The summed E-state index contributed by atoms with van der Waals surface area (Å²) >= 11 is 0. The van der Waals surface area contributed by atoms with Gasteiger partial charge in [-0.1, -0.05) is 0 Å². The zero-order valence-corrected chi connectivity index (χ0v) is 8.37. The van der Waals surface area contributed by atoms with Crippen LogP contribution in [0.1, 0.15) is 0 Å². The van der Waals surface area contributed by atoms with Crippen molar-refractivity contribution in [1.82, 2.24) is 0 Å². The van der Waals surface area contributed by atoms with Gasteiger partial charge in [-0.25, -0.2) is 0 Å². The topological polar surface area (TPSA) is 77.4 Å². The Hall–Kier alpha value is -0.110. The van der Waals surface area contributed by atoms with Crippen LogP contribution in [0.4, 0.5) is 0 Å². The Balaban J connectivity index is 1.69. The van der Waals surface area contributed by atoms with Gasteiger partial charge in [-0.15, -0.1) is 0 Å². The molecule has 2 aliphatic rings. The van der Waals surface area contributed by atoms with E-state index in [2.05, 4.69) is 0 Å². The summed E-state index contributed by atoms with van der Waals surface area (Å²) < 4.78 is 20.6. The highest BCUT2D eigenvalue weighted by Crippen LogP contribution is 2.19. The SMILES string of the molecule is OCC1COB(CC2COB(O)OC2)O1. The highest BCUT2D eigenvalue weighted by atomic mass is 16.7. The van der Waals surface area contributed by atoms with Crippen LogP contribution >= 0.6 is 0 Å². The van der Waals surface area contributed by atoms with Gasteiger partial charge in [0.15, 0.2) is 0 Å². The fourth-order valence-electron chi connectivity index (χ4n) is 1.67. The standard InChI is InChI=1S/C7H14B2O6/c10-2-7-5-12-8(15-7)1-6-3-13-9(11)14-4-6/h6-7,10-11H,1-5H2. The van der Waals surface area contributed by atoms with E-state index in [1.807, 2.05) is 0 Å². The molecule has 15 heavy (non-hydrogen) atoms. The maximum absolute atomic E-state index is 8.93. The van der Waals surface area contributed by atoms with E-state index < -0.39 is 7.32 Å². The van der Waals surface area contributed by atoms with Crippen molar-refractivity contribution >= 4 is 14.4 Å². The lowest BCUT2D eigenvalue weighted by molar-refractivity contribution is 0.0431. The Kier molecular flexibility index (Phi) is 4.01. The molecule has 2 aliphatic heterocycles. The maximum Gasteiger partial charge on any atom is 0.636 e. The van der Waals surface area contributed by atoms with Crippen LogP contribution in [0.25, 0.3) is 0 Å². The summed E-state index contributed by atoms with van der Waals surface area (Å²) in [5.74, 6) is 0.163. The third-order valence-corrected chi connectivity index (χ3v) is 2.49. The summed E-state index contributed by atoms with van der Waals surface area (Å²) in [7, 11) is -1.40. The Bertz CT molecular complexity index is 198. The van der Waals surface area contributed by atoms with Gasteiger partial charge in [0.1, 0.15) is 0 Å². The quantitative estimate of drug-likeness (QED) is 0.560. The van der Waals surface area contributed by atoms with Gasteiger partial charge >= 0.3 is 14.4 Å². The van der Waals surface area contributed by atoms with Crippen molar-refractivity contribution in [3.05, 3.63) is 0 Å². The summed E-state index contributed by atoms with van der Waals surface area (Å²) in [6, 6.07) is 0. The molecule has 2 N–H and O–H groups in total.